The molecular formula is C16H24N6O2. The number of nitrogens with zero attached hydrogens (tertiary/aromatic N) is 6. The molecule has 3 aliphatic heterocycles. The highest BCUT2D eigenvalue weighted by Crippen LogP contribution is 2.43. The zero-order valence-electron chi connectivity index (χ0n) is 14.7. The highest BCUT2D eigenvalue weighted by molar-refractivity contribution is 5.96. The van der Waals surface area contributed by atoms with Gasteiger partial charge in [0, 0.05) is 31.3 Å². The van der Waals surface area contributed by atoms with Crippen molar-refractivity contribution in [1.29, 1.82) is 0 Å². The first-order valence-electron chi connectivity index (χ1n) is 8.52. The third kappa shape index (κ3) is 2.16. The molecule has 130 valence electrons. The number of ether oxygens (including phenoxy) is 1. The molecule has 0 saturated carbocycles. The SMILES string of the molecule is CC1=C(C(=O)N2CC(C)(C)[C@H]2[C@@H]2CCCO2)Cn2nnnc2N1C. The quantitative estimate of drug-likeness (QED) is 0.798. The Morgan fingerprint density at radius 3 is 2.83 bits per heavy atom. The number of carbonyl (C=O) groups is 1. The van der Waals surface area contributed by atoms with E-state index in [1.807, 2.05) is 23.8 Å². The van der Waals surface area contributed by atoms with E-state index < -0.39 is 0 Å². The van der Waals surface area contributed by atoms with E-state index in [0.717, 1.165) is 37.3 Å². The number of carbonyl (C=O) groups excluding carboxylic acids is 1. The van der Waals surface area contributed by atoms with Crippen LogP contribution in [0.2, 0.25) is 0 Å². The topological polar surface area (TPSA) is 76.4 Å². The third-order valence-corrected chi connectivity index (χ3v) is 5.61. The van der Waals surface area contributed by atoms with Crippen LogP contribution in [0.4, 0.5) is 5.95 Å². The molecular weight excluding hydrogens is 308 g/mol. The molecule has 0 unspecified atom stereocenters. The fraction of sp³-hybridized carbons (Fsp3) is 0.750. The zero-order valence-corrected chi connectivity index (χ0v) is 14.7. The van der Waals surface area contributed by atoms with E-state index >= 15 is 0 Å². The Bertz CT molecular complexity index is 703. The van der Waals surface area contributed by atoms with E-state index in [1.54, 1.807) is 4.68 Å². The van der Waals surface area contributed by atoms with Crippen LogP contribution in [0.5, 0.6) is 0 Å². The van der Waals surface area contributed by atoms with Crippen LogP contribution in [-0.4, -0.2) is 63.4 Å². The molecule has 3 aliphatic rings. The molecule has 4 rings (SSSR count). The average molecular weight is 332 g/mol. The summed E-state index contributed by atoms with van der Waals surface area (Å²) >= 11 is 0. The summed E-state index contributed by atoms with van der Waals surface area (Å²) in [4.78, 5) is 17.1. The van der Waals surface area contributed by atoms with Gasteiger partial charge in [-0.05, 0) is 30.2 Å². The second-order valence-corrected chi connectivity index (χ2v) is 7.68. The number of allylic oxidation sites excluding steroid dienone is 1. The average Bonchev–Trinajstić information content (AvgIpc) is 3.19. The lowest BCUT2D eigenvalue weighted by Gasteiger charge is -2.56. The van der Waals surface area contributed by atoms with Crippen molar-refractivity contribution in [2.45, 2.75) is 52.3 Å². The fourth-order valence-corrected chi connectivity index (χ4v) is 4.25. The van der Waals surface area contributed by atoms with Crippen molar-refractivity contribution < 1.29 is 9.53 Å². The molecule has 0 radical (unpaired) electrons. The molecule has 2 saturated heterocycles. The standard InChI is InChI=1S/C16H24N6O2/c1-10-11(8-22-15(20(10)4)17-18-19-22)14(23)21-9-16(2,3)13(21)12-6-5-7-24-12/h12-13H,5-9H2,1-4H3/t12-,13+/m0/s1. The van der Waals surface area contributed by atoms with Crippen LogP contribution in [0.15, 0.2) is 11.3 Å². The summed E-state index contributed by atoms with van der Waals surface area (Å²) in [6.07, 6.45) is 2.27. The van der Waals surface area contributed by atoms with Crippen molar-refractivity contribution in [3.8, 4) is 0 Å². The molecule has 24 heavy (non-hydrogen) atoms. The monoisotopic (exact) mass is 332 g/mol. The predicted octanol–water partition coefficient (Wildman–Crippen LogP) is 0.813. The second kappa shape index (κ2) is 5.27. The molecule has 2 fully saturated rings. The Balaban J connectivity index is 1.60. The van der Waals surface area contributed by atoms with Gasteiger partial charge in [-0.25, -0.2) is 4.68 Å². The van der Waals surface area contributed by atoms with Crippen LogP contribution in [0.25, 0.3) is 0 Å². The normalized spacial score (nSPS) is 28.8. The Labute approximate surface area is 141 Å². The van der Waals surface area contributed by atoms with Crippen molar-refractivity contribution in [2.75, 3.05) is 25.1 Å². The Hall–Kier alpha value is -1.96. The number of hydrogen-bond donors (Lipinski definition) is 0. The molecule has 1 aromatic rings. The summed E-state index contributed by atoms with van der Waals surface area (Å²) in [5.74, 6) is 0.754. The Morgan fingerprint density at radius 1 is 1.38 bits per heavy atom. The van der Waals surface area contributed by atoms with Gasteiger partial charge in [0.25, 0.3) is 5.91 Å². The van der Waals surface area contributed by atoms with Gasteiger partial charge in [-0.3, -0.25) is 4.79 Å². The van der Waals surface area contributed by atoms with Crippen molar-refractivity contribution in [3.05, 3.63) is 11.3 Å². The molecule has 8 nitrogen and oxygen atoms in total. The van der Waals surface area contributed by atoms with E-state index in [9.17, 15) is 4.79 Å². The van der Waals surface area contributed by atoms with Crippen LogP contribution in [0, 0.1) is 5.41 Å². The first kappa shape index (κ1) is 15.6. The number of aromatic nitrogens is 4. The highest BCUT2D eigenvalue weighted by atomic mass is 16.5. The second-order valence-electron chi connectivity index (χ2n) is 7.68. The smallest absolute Gasteiger partial charge is 0.253 e. The Morgan fingerprint density at radius 2 is 2.17 bits per heavy atom. The third-order valence-electron chi connectivity index (χ3n) is 5.61. The van der Waals surface area contributed by atoms with E-state index in [4.69, 9.17) is 4.74 Å². The van der Waals surface area contributed by atoms with Crippen molar-refractivity contribution in [3.63, 3.8) is 0 Å². The molecule has 1 aromatic heterocycles. The molecule has 0 aromatic carbocycles. The van der Waals surface area contributed by atoms with Gasteiger partial charge in [0.2, 0.25) is 5.95 Å². The van der Waals surface area contributed by atoms with Crippen molar-refractivity contribution in [2.24, 2.45) is 5.41 Å². The van der Waals surface area contributed by atoms with Gasteiger partial charge in [-0.1, -0.05) is 18.9 Å². The van der Waals surface area contributed by atoms with Crippen LogP contribution >= 0.6 is 0 Å². The van der Waals surface area contributed by atoms with Gasteiger partial charge in [0.05, 0.1) is 24.3 Å². The van der Waals surface area contributed by atoms with Crippen LogP contribution in [0.3, 0.4) is 0 Å². The van der Waals surface area contributed by atoms with Gasteiger partial charge >= 0.3 is 0 Å². The first-order valence-corrected chi connectivity index (χ1v) is 8.52. The first-order chi connectivity index (χ1) is 11.4. The number of rotatable bonds is 2. The maximum Gasteiger partial charge on any atom is 0.253 e. The summed E-state index contributed by atoms with van der Waals surface area (Å²) in [5.41, 5.74) is 1.77. The van der Waals surface area contributed by atoms with Crippen molar-refractivity contribution >= 4 is 11.9 Å². The summed E-state index contributed by atoms with van der Waals surface area (Å²) in [5, 5.41) is 11.7. The molecule has 0 N–H and O–H groups in total. The van der Waals surface area contributed by atoms with Gasteiger partial charge in [-0.2, -0.15) is 0 Å². The highest BCUT2D eigenvalue weighted by Gasteiger charge is 2.53. The molecule has 1 amide bonds. The van der Waals surface area contributed by atoms with E-state index in [2.05, 4.69) is 29.4 Å². The molecule has 0 aliphatic carbocycles. The number of amides is 1. The van der Waals surface area contributed by atoms with Crippen LogP contribution in [0.1, 0.15) is 33.6 Å². The molecule has 2 atom stereocenters. The minimum Gasteiger partial charge on any atom is -0.376 e. The maximum atomic E-state index is 13.2. The minimum atomic E-state index is 0.0836. The number of anilines is 1. The van der Waals surface area contributed by atoms with Gasteiger partial charge in [0.15, 0.2) is 0 Å². The maximum absolute atomic E-state index is 13.2. The molecule has 4 heterocycles. The zero-order chi connectivity index (χ0) is 17.1. The number of tetrazole rings is 1. The van der Waals surface area contributed by atoms with Crippen LogP contribution < -0.4 is 4.90 Å². The van der Waals surface area contributed by atoms with Gasteiger partial charge < -0.3 is 14.5 Å². The summed E-state index contributed by atoms with van der Waals surface area (Å²) in [7, 11) is 1.89. The lowest BCUT2D eigenvalue weighted by molar-refractivity contribution is -0.160. The van der Waals surface area contributed by atoms with Crippen molar-refractivity contribution in [1.82, 2.24) is 25.1 Å². The predicted molar refractivity (Wildman–Crippen MR) is 87.2 cm³/mol. The molecule has 0 bridgehead atoms. The fourth-order valence-electron chi connectivity index (χ4n) is 4.25. The molecule has 8 heteroatoms. The van der Waals surface area contributed by atoms with E-state index in [1.165, 1.54) is 0 Å². The minimum absolute atomic E-state index is 0.0836. The van der Waals surface area contributed by atoms with Gasteiger partial charge in [-0.15, -0.1) is 0 Å². The number of hydrogen-bond acceptors (Lipinski definition) is 6. The summed E-state index contributed by atoms with van der Waals surface area (Å²) < 4.78 is 7.57. The van der Waals surface area contributed by atoms with E-state index in [-0.39, 0.29) is 23.5 Å². The molecule has 0 spiro atoms. The summed E-state index contributed by atoms with van der Waals surface area (Å²) in [6, 6.07) is 0.147. The van der Waals surface area contributed by atoms with E-state index in [0.29, 0.717) is 12.5 Å². The number of likely N-dealkylation sites (tertiary alicyclic amines) is 1. The summed E-state index contributed by atoms with van der Waals surface area (Å²) in [6.45, 7) is 8.38. The van der Waals surface area contributed by atoms with Gasteiger partial charge in [0.1, 0.15) is 0 Å². The largest absolute Gasteiger partial charge is 0.376 e. The van der Waals surface area contributed by atoms with Crippen LogP contribution in [-0.2, 0) is 16.1 Å². The Kier molecular flexibility index (Phi) is 3.42. The lowest BCUT2D eigenvalue weighted by Crippen LogP contribution is -2.68. The number of fused-ring (bicyclic) bond motifs is 1. The lowest BCUT2D eigenvalue weighted by atomic mass is 9.71.